The van der Waals surface area contributed by atoms with E-state index in [-0.39, 0.29) is 0 Å². The Labute approximate surface area is 55.0 Å². The SMILES string of the molecule is C=CC(=NC)NCC=N. The summed E-state index contributed by atoms with van der Waals surface area (Å²) >= 11 is 0. The van der Waals surface area contributed by atoms with Crippen molar-refractivity contribution in [3.8, 4) is 0 Å². The summed E-state index contributed by atoms with van der Waals surface area (Å²) in [5.74, 6) is 0.721. The standard InChI is InChI=1S/C6H11N3/c1-3-6(8-2)9-5-4-7/h3-4,7H,1,5H2,2H3,(H,8,9). The van der Waals surface area contributed by atoms with Crippen molar-refractivity contribution in [1.82, 2.24) is 5.32 Å². The molecule has 0 aromatic heterocycles. The van der Waals surface area contributed by atoms with Crippen LogP contribution >= 0.6 is 0 Å². The summed E-state index contributed by atoms with van der Waals surface area (Å²) < 4.78 is 0. The zero-order valence-electron chi connectivity index (χ0n) is 5.52. The van der Waals surface area contributed by atoms with Crippen molar-refractivity contribution in [3.05, 3.63) is 12.7 Å². The van der Waals surface area contributed by atoms with E-state index in [1.807, 2.05) is 0 Å². The number of hydrogen-bond acceptors (Lipinski definition) is 2. The van der Waals surface area contributed by atoms with Crippen molar-refractivity contribution < 1.29 is 0 Å². The van der Waals surface area contributed by atoms with Gasteiger partial charge in [0.25, 0.3) is 0 Å². The highest BCUT2D eigenvalue weighted by molar-refractivity contribution is 5.93. The van der Waals surface area contributed by atoms with Crippen LogP contribution in [-0.4, -0.2) is 25.6 Å². The van der Waals surface area contributed by atoms with Gasteiger partial charge in [-0.15, -0.1) is 0 Å². The molecule has 0 saturated heterocycles. The molecule has 2 N–H and O–H groups in total. The van der Waals surface area contributed by atoms with Crippen molar-refractivity contribution >= 4 is 12.1 Å². The summed E-state index contributed by atoms with van der Waals surface area (Å²) in [6.07, 6.45) is 2.89. The third-order valence-corrected chi connectivity index (χ3v) is 0.819. The third-order valence-electron chi connectivity index (χ3n) is 0.819. The second-order valence-electron chi connectivity index (χ2n) is 1.40. The third kappa shape index (κ3) is 3.46. The fraction of sp³-hybridized carbons (Fsp3) is 0.333. The Morgan fingerprint density at radius 2 is 2.56 bits per heavy atom. The zero-order chi connectivity index (χ0) is 7.11. The van der Waals surface area contributed by atoms with Gasteiger partial charge in [0.05, 0.1) is 6.54 Å². The van der Waals surface area contributed by atoms with Crippen LogP contribution in [0.1, 0.15) is 0 Å². The second-order valence-corrected chi connectivity index (χ2v) is 1.40. The van der Waals surface area contributed by atoms with Crippen LogP contribution in [-0.2, 0) is 0 Å². The van der Waals surface area contributed by atoms with Crippen molar-refractivity contribution in [3.63, 3.8) is 0 Å². The molecule has 0 rings (SSSR count). The molecule has 50 valence electrons. The lowest BCUT2D eigenvalue weighted by atomic mass is 10.5. The quantitative estimate of drug-likeness (QED) is 0.417. The van der Waals surface area contributed by atoms with Gasteiger partial charge in [0.15, 0.2) is 0 Å². The van der Waals surface area contributed by atoms with E-state index in [1.165, 1.54) is 6.21 Å². The van der Waals surface area contributed by atoms with E-state index in [1.54, 1.807) is 13.1 Å². The predicted octanol–water partition coefficient (Wildman–Crippen LogP) is 0.440. The van der Waals surface area contributed by atoms with Crippen LogP contribution in [0.4, 0.5) is 0 Å². The van der Waals surface area contributed by atoms with Crippen molar-refractivity contribution in [2.24, 2.45) is 4.99 Å². The van der Waals surface area contributed by atoms with Gasteiger partial charge < -0.3 is 10.7 Å². The molecule has 3 nitrogen and oxygen atoms in total. The first kappa shape index (κ1) is 7.88. The Morgan fingerprint density at radius 1 is 1.89 bits per heavy atom. The maximum Gasteiger partial charge on any atom is 0.120 e. The fourth-order valence-corrected chi connectivity index (χ4v) is 0.398. The Hall–Kier alpha value is -1.12. The number of aliphatic imine (C=N–C) groups is 1. The lowest BCUT2D eigenvalue weighted by Gasteiger charge is -1.98. The first-order valence-corrected chi connectivity index (χ1v) is 2.67. The molecule has 0 aromatic rings. The van der Waals surface area contributed by atoms with Crippen molar-refractivity contribution in [2.45, 2.75) is 0 Å². The van der Waals surface area contributed by atoms with Crippen molar-refractivity contribution in [2.75, 3.05) is 13.6 Å². The van der Waals surface area contributed by atoms with Crippen LogP contribution in [0, 0.1) is 5.41 Å². The maximum absolute atomic E-state index is 6.67. The number of nitrogens with zero attached hydrogens (tertiary/aromatic N) is 1. The molecule has 9 heavy (non-hydrogen) atoms. The van der Waals surface area contributed by atoms with Gasteiger partial charge in [-0.25, -0.2) is 0 Å². The van der Waals surface area contributed by atoms with Crippen LogP contribution < -0.4 is 5.32 Å². The summed E-state index contributed by atoms with van der Waals surface area (Å²) in [6, 6.07) is 0. The van der Waals surface area contributed by atoms with Crippen LogP contribution in [0.15, 0.2) is 17.6 Å². The van der Waals surface area contributed by atoms with Gasteiger partial charge in [0.1, 0.15) is 5.84 Å². The molecule has 0 bridgehead atoms. The Bertz CT molecular complexity index is 126. The predicted molar refractivity (Wildman–Crippen MR) is 40.3 cm³/mol. The molecule has 0 amide bonds. The lowest BCUT2D eigenvalue weighted by Crippen LogP contribution is -2.22. The largest absolute Gasteiger partial charge is 0.365 e. The van der Waals surface area contributed by atoms with E-state index in [0.29, 0.717) is 6.54 Å². The fourth-order valence-electron chi connectivity index (χ4n) is 0.398. The molecule has 0 radical (unpaired) electrons. The minimum absolute atomic E-state index is 0.513. The summed E-state index contributed by atoms with van der Waals surface area (Å²) in [5.41, 5.74) is 0. The second kappa shape index (κ2) is 5.03. The summed E-state index contributed by atoms with van der Waals surface area (Å²) in [5, 5.41) is 9.53. The first-order valence-electron chi connectivity index (χ1n) is 2.67. The highest BCUT2D eigenvalue weighted by atomic mass is 15.0. The number of rotatable bonds is 3. The normalized spacial score (nSPS) is 10.6. The smallest absolute Gasteiger partial charge is 0.120 e. The van der Waals surface area contributed by atoms with Gasteiger partial charge >= 0.3 is 0 Å². The van der Waals surface area contributed by atoms with Gasteiger partial charge in [0.2, 0.25) is 0 Å². The molecular formula is C6H11N3. The molecule has 0 atom stereocenters. The minimum Gasteiger partial charge on any atom is -0.365 e. The number of hydrogen-bond donors (Lipinski definition) is 2. The van der Waals surface area contributed by atoms with E-state index in [4.69, 9.17) is 5.41 Å². The molecule has 0 spiro atoms. The molecule has 0 heterocycles. The highest BCUT2D eigenvalue weighted by Crippen LogP contribution is 1.69. The first-order chi connectivity index (χ1) is 4.35. The van der Waals surface area contributed by atoms with Crippen LogP contribution in [0.5, 0.6) is 0 Å². The van der Waals surface area contributed by atoms with Gasteiger partial charge in [-0.3, -0.25) is 4.99 Å². The summed E-state index contributed by atoms with van der Waals surface area (Å²) in [6.45, 7) is 4.03. The van der Waals surface area contributed by atoms with E-state index >= 15 is 0 Å². The Kier molecular flexibility index (Phi) is 4.40. The molecule has 0 aromatic carbocycles. The monoisotopic (exact) mass is 125 g/mol. The van der Waals surface area contributed by atoms with Gasteiger partial charge in [-0.1, -0.05) is 6.58 Å². The average Bonchev–Trinajstić information content (AvgIpc) is 1.91. The summed E-state index contributed by atoms with van der Waals surface area (Å²) in [7, 11) is 1.67. The maximum atomic E-state index is 6.67. The van der Waals surface area contributed by atoms with Crippen LogP contribution in [0.2, 0.25) is 0 Å². The molecular weight excluding hydrogens is 114 g/mol. The number of nitrogens with one attached hydrogen (secondary N) is 2. The van der Waals surface area contributed by atoms with Gasteiger partial charge in [-0.2, -0.15) is 0 Å². The lowest BCUT2D eigenvalue weighted by molar-refractivity contribution is 1.08. The minimum atomic E-state index is 0.513. The van der Waals surface area contributed by atoms with E-state index in [0.717, 1.165) is 5.84 Å². The molecule has 0 aliphatic rings. The summed E-state index contributed by atoms with van der Waals surface area (Å²) in [4.78, 5) is 3.83. The Balaban J connectivity index is 3.57. The van der Waals surface area contributed by atoms with E-state index in [2.05, 4.69) is 16.9 Å². The Morgan fingerprint density at radius 3 is 2.89 bits per heavy atom. The van der Waals surface area contributed by atoms with E-state index in [9.17, 15) is 0 Å². The van der Waals surface area contributed by atoms with Crippen LogP contribution in [0.25, 0.3) is 0 Å². The number of amidine groups is 1. The molecule has 0 saturated carbocycles. The molecule has 3 heteroatoms. The van der Waals surface area contributed by atoms with E-state index < -0.39 is 0 Å². The average molecular weight is 125 g/mol. The van der Waals surface area contributed by atoms with Crippen LogP contribution in [0.3, 0.4) is 0 Å². The molecule has 0 aliphatic carbocycles. The highest BCUT2D eigenvalue weighted by Gasteiger charge is 1.83. The molecule has 0 unspecified atom stereocenters. The molecule has 0 fully saturated rings. The van der Waals surface area contributed by atoms with Crippen molar-refractivity contribution in [1.29, 1.82) is 5.41 Å². The zero-order valence-corrected chi connectivity index (χ0v) is 5.52. The molecule has 0 aliphatic heterocycles. The van der Waals surface area contributed by atoms with Gasteiger partial charge in [-0.05, 0) is 6.08 Å². The topological polar surface area (TPSA) is 48.2 Å². The van der Waals surface area contributed by atoms with Gasteiger partial charge in [0, 0.05) is 13.3 Å².